The standard InChI is InChI=1S/C22H26N6O2S/c1-29-20-13-16(24-7-2-8-28-9-11-30-12-10-28)3-5-18(20)25-22-14-19(26-27-22)21-6-4-17(15-23)31-21/h3-6,13-14,24H,2,7-12H2,1H3,(H2,25,26,27). The molecule has 0 atom stereocenters. The third-order valence-electron chi connectivity index (χ3n) is 5.11. The van der Waals surface area contributed by atoms with Crippen LogP contribution in [-0.2, 0) is 4.74 Å². The maximum atomic E-state index is 9.00. The van der Waals surface area contributed by atoms with E-state index in [-0.39, 0.29) is 0 Å². The minimum Gasteiger partial charge on any atom is -0.494 e. The molecular formula is C22H26N6O2S. The van der Waals surface area contributed by atoms with Crippen LogP contribution in [0.4, 0.5) is 17.2 Å². The van der Waals surface area contributed by atoms with Crippen LogP contribution in [0.15, 0.2) is 36.4 Å². The zero-order valence-electron chi connectivity index (χ0n) is 17.5. The predicted molar refractivity (Wildman–Crippen MR) is 123 cm³/mol. The number of aromatic amines is 1. The van der Waals surface area contributed by atoms with Crippen molar-refractivity contribution in [3.8, 4) is 22.4 Å². The van der Waals surface area contributed by atoms with Gasteiger partial charge in [0.05, 0.1) is 36.6 Å². The summed E-state index contributed by atoms with van der Waals surface area (Å²) in [4.78, 5) is 4.09. The fourth-order valence-corrected chi connectivity index (χ4v) is 4.23. The van der Waals surface area contributed by atoms with E-state index in [1.54, 1.807) is 7.11 Å². The van der Waals surface area contributed by atoms with Gasteiger partial charge in [-0.05, 0) is 37.2 Å². The summed E-state index contributed by atoms with van der Waals surface area (Å²) >= 11 is 1.43. The summed E-state index contributed by atoms with van der Waals surface area (Å²) in [7, 11) is 1.66. The van der Waals surface area contributed by atoms with Crippen LogP contribution in [0.5, 0.6) is 5.75 Å². The van der Waals surface area contributed by atoms with E-state index in [9.17, 15) is 0 Å². The van der Waals surface area contributed by atoms with E-state index in [4.69, 9.17) is 14.7 Å². The number of ether oxygens (including phenoxy) is 2. The van der Waals surface area contributed by atoms with Crippen molar-refractivity contribution in [2.75, 3.05) is 57.1 Å². The maximum absolute atomic E-state index is 9.00. The first-order valence-corrected chi connectivity index (χ1v) is 11.1. The lowest BCUT2D eigenvalue weighted by molar-refractivity contribution is 0.0378. The summed E-state index contributed by atoms with van der Waals surface area (Å²) in [6.07, 6.45) is 1.08. The zero-order chi connectivity index (χ0) is 21.5. The molecule has 0 aliphatic carbocycles. The molecular weight excluding hydrogens is 412 g/mol. The molecule has 0 radical (unpaired) electrons. The van der Waals surface area contributed by atoms with Gasteiger partial charge in [0.25, 0.3) is 0 Å². The average molecular weight is 439 g/mol. The minimum atomic E-state index is 0.675. The van der Waals surface area contributed by atoms with Crippen LogP contribution in [0, 0.1) is 11.3 Å². The fraction of sp³-hybridized carbons (Fsp3) is 0.364. The SMILES string of the molecule is COc1cc(NCCCN2CCOCC2)ccc1Nc1cc(-c2ccc(C#N)s2)[nH]n1. The molecule has 0 bridgehead atoms. The number of hydrogen-bond donors (Lipinski definition) is 3. The second-order valence-corrected chi connectivity index (χ2v) is 8.30. The molecule has 9 heteroatoms. The smallest absolute Gasteiger partial charge is 0.152 e. The number of aromatic nitrogens is 2. The van der Waals surface area contributed by atoms with Gasteiger partial charge in [0, 0.05) is 37.5 Å². The van der Waals surface area contributed by atoms with Gasteiger partial charge in [0.1, 0.15) is 16.7 Å². The second kappa shape index (κ2) is 10.3. The lowest BCUT2D eigenvalue weighted by Crippen LogP contribution is -2.37. The average Bonchev–Trinajstić information content (AvgIpc) is 3.47. The highest BCUT2D eigenvalue weighted by molar-refractivity contribution is 7.15. The summed E-state index contributed by atoms with van der Waals surface area (Å²) in [5.74, 6) is 1.43. The first kappa shape index (κ1) is 21.2. The Morgan fingerprint density at radius 1 is 1.26 bits per heavy atom. The first-order valence-electron chi connectivity index (χ1n) is 10.3. The van der Waals surface area contributed by atoms with Gasteiger partial charge < -0.3 is 20.1 Å². The third kappa shape index (κ3) is 5.55. The van der Waals surface area contributed by atoms with Gasteiger partial charge in [-0.25, -0.2) is 0 Å². The Morgan fingerprint density at radius 2 is 2.13 bits per heavy atom. The van der Waals surface area contributed by atoms with Crippen LogP contribution in [0.25, 0.3) is 10.6 Å². The molecule has 1 aromatic carbocycles. The number of nitrogens with one attached hydrogen (secondary N) is 3. The Kier molecular flexibility index (Phi) is 7.04. The molecule has 0 saturated carbocycles. The van der Waals surface area contributed by atoms with Gasteiger partial charge in [0.2, 0.25) is 0 Å². The van der Waals surface area contributed by atoms with Gasteiger partial charge >= 0.3 is 0 Å². The molecule has 2 aromatic heterocycles. The van der Waals surface area contributed by atoms with Crippen molar-refractivity contribution in [3.63, 3.8) is 0 Å². The number of anilines is 3. The van der Waals surface area contributed by atoms with Gasteiger partial charge in [-0.1, -0.05) is 0 Å². The molecule has 162 valence electrons. The number of morpholine rings is 1. The summed E-state index contributed by atoms with van der Waals surface area (Å²) in [5.41, 5.74) is 2.73. The molecule has 1 saturated heterocycles. The van der Waals surface area contributed by atoms with Crippen LogP contribution < -0.4 is 15.4 Å². The molecule has 1 aliphatic heterocycles. The van der Waals surface area contributed by atoms with Crippen LogP contribution >= 0.6 is 11.3 Å². The Morgan fingerprint density at radius 3 is 2.90 bits per heavy atom. The van der Waals surface area contributed by atoms with E-state index in [1.807, 2.05) is 36.4 Å². The van der Waals surface area contributed by atoms with E-state index in [2.05, 4.69) is 31.8 Å². The summed E-state index contributed by atoms with van der Waals surface area (Å²) in [6.45, 7) is 5.70. The van der Waals surface area contributed by atoms with E-state index in [0.29, 0.717) is 10.7 Å². The molecule has 8 nitrogen and oxygen atoms in total. The molecule has 31 heavy (non-hydrogen) atoms. The van der Waals surface area contributed by atoms with E-state index < -0.39 is 0 Å². The lowest BCUT2D eigenvalue weighted by Gasteiger charge is -2.26. The van der Waals surface area contributed by atoms with Gasteiger partial charge in [-0.3, -0.25) is 10.00 Å². The van der Waals surface area contributed by atoms with Crippen molar-refractivity contribution in [1.29, 1.82) is 5.26 Å². The normalized spacial score (nSPS) is 14.2. The van der Waals surface area contributed by atoms with Crippen LogP contribution in [-0.4, -0.2) is 61.6 Å². The molecule has 0 unspecified atom stereocenters. The molecule has 0 amide bonds. The minimum absolute atomic E-state index is 0.675. The van der Waals surface area contributed by atoms with E-state index in [1.165, 1.54) is 11.3 Å². The van der Waals surface area contributed by atoms with Crippen molar-refractivity contribution >= 4 is 28.5 Å². The summed E-state index contributed by atoms with van der Waals surface area (Å²) in [6, 6.07) is 13.8. The number of hydrogen-bond acceptors (Lipinski definition) is 8. The predicted octanol–water partition coefficient (Wildman–Crippen LogP) is 3.90. The molecule has 3 aromatic rings. The second-order valence-electron chi connectivity index (χ2n) is 7.22. The highest BCUT2D eigenvalue weighted by atomic mass is 32.1. The number of benzene rings is 1. The Balaban J connectivity index is 1.33. The Hall–Kier alpha value is -3.06. The monoisotopic (exact) mass is 438 g/mol. The molecule has 3 N–H and O–H groups in total. The van der Waals surface area contributed by atoms with Crippen LogP contribution in [0.1, 0.15) is 11.3 Å². The number of nitriles is 1. The Bertz CT molecular complexity index is 1030. The van der Waals surface area contributed by atoms with E-state index >= 15 is 0 Å². The quantitative estimate of drug-likeness (QED) is 0.436. The van der Waals surface area contributed by atoms with Gasteiger partial charge in [0.15, 0.2) is 5.82 Å². The van der Waals surface area contributed by atoms with Crippen LogP contribution in [0.3, 0.4) is 0 Å². The van der Waals surface area contributed by atoms with Crippen molar-refractivity contribution in [2.24, 2.45) is 0 Å². The van der Waals surface area contributed by atoms with Crippen molar-refractivity contribution in [1.82, 2.24) is 15.1 Å². The maximum Gasteiger partial charge on any atom is 0.152 e. The Labute approximate surface area is 185 Å². The number of methoxy groups -OCH3 is 1. The molecule has 1 aliphatic rings. The number of nitrogens with zero attached hydrogens (tertiary/aromatic N) is 3. The molecule has 0 spiro atoms. The first-order chi connectivity index (χ1) is 15.2. The van der Waals surface area contributed by atoms with Crippen molar-refractivity contribution in [3.05, 3.63) is 41.3 Å². The number of H-pyrrole nitrogens is 1. The van der Waals surface area contributed by atoms with Gasteiger partial charge in [-0.2, -0.15) is 10.4 Å². The number of rotatable bonds is 9. The topological polar surface area (TPSA) is 98.2 Å². The highest BCUT2D eigenvalue weighted by Crippen LogP contribution is 2.32. The highest BCUT2D eigenvalue weighted by Gasteiger charge is 2.11. The zero-order valence-corrected chi connectivity index (χ0v) is 18.3. The summed E-state index contributed by atoms with van der Waals surface area (Å²) < 4.78 is 11.0. The largest absolute Gasteiger partial charge is 0.494 e. The molecule has 4 rings (SSSR count). The van der Waals surface area contributed by atoms with Crippen molar-refractivity contribution in [2.45, 2.75) is 6.42 Å². The summed E-state index contributed by atoms with van der Waals surface area (Å²) in [5, 5.41) is 23.1. The van der Waals surface area contributed by atoms with Crippen molar-refractivity contribution < 1.29 is 9.47 Å². The number of thiophene rings is 1. The van der Waals surface area contributed by atoms with Gasteiger partial charge in [-0.15, -0.1) is 11.3 Å². The molecule has 1 fully saturated rings. The van der Waals surface area contributed by atoms with E-state index in [0.717, 1.165) is 73.5 Å². The molecule has 3 heterocycles. The lowest BCUT2D eigenvalue weighted by atomic mass is 10.2. The van der Waals surface area contributed by atoms with Crippen LogP contribution in [0.2, 0.25) is 0 Å². The third-order valence-corrected chi connectivity index (χ3v) is 6.13. The fourth-order valence-electron chi connectivity index (χ4n) is 3.46.